The highest BCUT2D eigenvalue weighted by Gasteiger charge is 2.12. The Morgan fingerprint density at radius 1 is 1.30 bits per heavy atom. The van der Waals surface area contributed by atoms with E-state index in [9.17, 15) is 14.0 Å². The minimum Gasteiger partial charge on any atom is -0.481 e. The van der Waals surface area contributed by atoms with Gasteiger partial charge in [-0.25, -0.2) is 4.39 Å². The molecular weight excluding hydrogens is 299 g/mol. The van der Waals surface area contributed by atoms with Crippen molar-refractivity contribution in [3.05, 3.63) is 53.5 Å². The smallest absolute Gasteiger partial charge is 0.305 e. The minimum absolute atomic E-state index is 0.0101. The van der Waals surface area contributed by atoms with Crippen LogP contribution >= 0.6 is 0 Å². The average Bonchev–Trinajstić information content (AvgIpc) is 2.53. The van der Waals surface area contributed by atoms with Crippen molar-refractivity contribution in [2.75, 3.05) is 6.54 Å². The van der Waals surface area contributed by atoms with Crippen molar-refractivity contribution in [2.24, 2.45) is 0 Å². The van der Waals surface area contributed by atoms with Crippen molar-refractivity contribution in [1.82, 2.24) is 10.3 Å². The lowest BCUT2D eigenvalue weighted by Crippen LogP contribution is -2.26. The van der Waals surface area contributed by atoms with E-state index in [1.165, 1.54) is 6.07 Å². The molecular formula is C17H17FN2O3. The number of nitrogens with zero attached hydrogens (tertiary/aromatic N) is 1. The van der Waals surface area contributed by atoms with Gasteiger partial charge in [0, 0.05) is 23.9 Å². The third kappa shape index (κ3) is 4.35. The summed E-state index contributed by atoms with van der Waals surface area (Å²) in [5, 5.41) is 11.0. The SMILES string of the molecule is CCc1cccnc1-c1cc(F)cc(C(=O)NCCC(=O)O)c1. The predicted molar refractivity (Wildman–Crippen MR) is 83.6 cm³/mol. The molecule has 0 aliphatic heterocycles. The molecule has 0 atom stereocenters. The first-order valence-electron chi connectivity index (χ1n) is 7.26. The maximum atomic E-state index is 13.9. The van der Waals surface area contributed by atoms with Crippen LogP contribution in [0.1, 0.15) is 29.3 Å². The zero-order valence-corrected chi connectivity index (χ0v) is 12.7. The van der Waals surface area contributed by atoms with Gasteiger partial charge >= 0.3 is 5.97 Å². The first-order valence-corrected chi connectivity index (χ1v) is 7.26. The van der Waals surface area contributed by atoms with Gasteiger partial charge in [0.05, 0.1) is 12.1 Å². The lowest BCUT2D eigenvalue weighted by atomic mass is 10.0. The molecule has 0 saturated carbocycles. The van der Waals surface area contributed by atoms with E-state index >= 15 is 0 Å². The number of hydrogen-bond acceptors (Lipinski definition) is 3. The van der Waals surface area contributed by atoms with Crippen LogP contribution in [-0.2, 0) is 11.2 Å². The van der Waals surface area contributed by atoms with Crippen LogP contribution in [0.15, 0.2) is 36.5 Å². The van der Waals surface area contributed by atoms with Gasteiger partial charge in [-0.15, -0.1) is 0 Å². The predicted octanol–water partition coefficient (Wildman–Crippen LogP) is 2.65. The van der Waals surface area contributed by atoms with Gasteiger partial charge in [0.1, 0.15) is 5.82 Å². The Hall–Kier alpha value is -2.76. The third-order valence-electron chi connectivity index (χ3n) is 3.33. The summed E-state index contributed by atoms with van der Waals surface area (Å²) in [4.78, 5) is 26.8. The summed E-state index contributed by atoms with van der Waals surface area (Å²) in [6.07, 6.45) is 2.17. The number of rotatable bonds is 6. The molecule has 0 unspecified atom stereocenters. The van der Waals surface area contributed by atoms with Crippen LogP contribution in [0.25, 0.3) is 11.3 Å². The molecule has 6 heteroatoms. The largest absolute Gasteiger partial charge is 0.481 e. The normalized spacial score (nSPS) is 10.3. The number of carboxylic acid groups (broad SMARTS) is 1. The molecule has 0 radical (unpaired) electrons. The van der Waals surface area contributed by atoms with E-state index in [-0.39, 0.29) is 18.5 Å². The van der Waals surface area contributed by atoms with Crippen LogP contribution in [0.3, 0.4) is 0 Å². The lowest BCUT2D eigenvalue weighted by Gasteiger charge is -2.09. The van der Waals surface area contributed by atoms with E-state index in [0.29, 0.717) is 11.3 Å². The fraction of sp³-hybridized carbons (Fsp3) is 0.235. The van der Waals surface area contributed by atoms with E-state index in [4.69, 9.17) is 5.11 Å². The summed E-state index contributed by atoms with van der Waals surface area (Å²) in [6, 6.07) is 7.71. The first kappa shape index (κ1) is 16.6. The van der Waals surface area contributed by atoms with Crippen LogP contribution in [0.5, 0.6) is 0 Å². The first-order chi connectivity index (χ1) is 11.0. The molecule has 0 bridgehead atoms. The Morgan fingerprint density at radius 3 is 2.78 bits per heavy atom. The van der Waals surface area contributed by atoms with Gasteiger partial charge in [-0.3, -0.25) is 14.6 Å². The average molecular weight is 316 g/mol. The van der Waals surface area contributed by atoms with Gasteiger partial charge in [0.25, 0.3) is 5.91 Å². The van der Waals surface area contributed by atoms with Gasteiger partial charge in [-0.05, 0) is 36.2 Å². The zero-order valence-electron chi connectivity index (χ0n) is 12.7. The van der Waals surface area contributed by atoms with E-state index < -0.39 is 17.7 Å². The van der Waals surface area contributed by atoms with Crippen LogP contribution in [-0.4, -0.2) is 28.5 Å². The summed E-state index contributed by atoms with van der Waals surface area (Å²) in [6.45, 7) is 1.96. The maximum Gasteiger partial charge on any atom is 0.305 e. The Morgan fingerprint density at radius 2 is 2.09 bits per heavy atom. The van der Waals surface area contributed by atoms with Crippen molar-refractivity contribution < 1.29 is 19.1 Å². The molecule has 0 fully saturated rings. The number of carbonyl (C=O) groups is 2. The van der Waals surface area contributed by atoms with Gasteiger partial charge in [0.2, 0.25) is 0 Å². The summed E-state index contributed by atoms with van der Waals surface area (Å²) >= 11 is 0. The fourth-order valence-electron chi connectivity index (χ4n) is 2.23. The van der Waals surface area contributed by atoms with E-state index in [1.54, 1.807) is 18.3 Å². The van der Waals surface area contributed by atoms with Crippen molar-refractivity contribution >= 4 is 11.9 Å². The quantitative estimate of drug-likeness (QED) is 0.858. The summed E-state index contributed by atoms with van der Waals surface area (Å²) in [5.41, 5.74) is 2.24. The van der Waals surface area contributed by atoms with Crippen LogP contribution in [0.4, 0.5) is 4.39 Å². The van der Waals surface area contributed by atoms with Gasteiger partial charge < -0.3 is 10.4 Å². The highest BCUT2D eigenvalue weighted by atomic mass is 19.1. The van der Waals surface area contributed by atoms with Gasteiger partial charge in [-0.1, -0.05) is 13.0 Å². The molecule has 2 N–H and O–H groups in total. The number of aromatic nitrogens is 1. The van der Waals surface area contributed by atoms with Gasteiger partial charge in [-0.2, -0.15) is 0 Å². The number of carbonyl (C=O) groups excluding carboxylic acids is 1. The number of amides is 1. The Kier molecular flexibility index (Phi) is 5.41. The monoisotopic (exact) mass is 316 g/mol. The summed E-state index contributed by atoms with van der Waals surface area (Å²) < 4.78 is 13.9. The second-order valence-corrected chi connectivity index (χ2v) is 4.99. The highest BCUT2D eigenvalue weighted by Crippen LogP contribution is 2.24. The number of hydrogen-bond donors (Lipinski definition) is 2. The fourth-order valence-corrected chi connectivity index (χ4v) is 2.23. The number of halogens is 1. The molecule has 1 heterocycles. The minimum atomic E-state index is -1.01. The number of carboxylic acids is 1. The molecule has 23 heavy (non-hydrogen) atoms. The molecule has 1 aromatic heterocycles. The maximum absolute atomic E-state index is 13.9. The second kappa shape index (κ2) is 7.49. The molecule has 0 aliphatic carbocycles. The molecule has 0 saturated heterocycles. The second-order valence-electron chi connectivity index (χ2n) is 4.99. The summed E-state index contributed by atoms with van der Waals surface area (Å²) in [5.74, 6) is -2.06. The van der Waals surface area contributed by atoms with Crippen molar-refractivity contribution in [3.63, 3.8) is 0 Å². The number of nitrogens with one attached hydrogen (secondary N) is 1. The number of pyridine rings is 1. The molecule has 1 amide bonds. The number of benzene rings is 1. The topological polar surface area (TPSA) is 79.3 Å². The standard InChI is InChI=1S/C17H17FN2O3/c1-2-11-4-3-6-19-16(11)12-8-13(10-14(18)9-12)17(23)20-7-5-15(21)22/h3-4,6,8-10H,2,5,7H2,1H3,(H,20,23)(H,21,22). The Bertz CT molecular complexity index is 732. The van der Waals surface area contributed by atoms with E-state index in [1.807, 2.05) is 13.0 Å². The number of aliphatic carboxylic acids is 1. The van der Waals surface area contributed by atoms with Crippen molar-refractivity contribution in [2.45, 2.75) is 19.8 Å². The van der Waals surface area contributed by atoms with Crippen LogP contribution < -0.4 is 5.32 Å². The summed E-state index contributed by atoms with van der Waals surface area (Å²) in [7, 11) is 0. The highest BCUT2D eigenvalue weighted by molar-refractivity contribution is 5.95. The van der Waals surface area contributed by atoms with E-state index in [0.717, 1.165) is 18.1 Å². The molecule has 2 rings (SSSR count). The van der Waals surface area contributed by atoms with E-state index in [2.05, 4.69) is 10.3 Å². The lowest BCUT2D eigenvalue weighted by molar-refractivity contribution is -0.136. The molecule has 0 spiro atoms. The zero-order chi connectivity index (χ0) is 16.8. The molecule has 5 nitrogen and oxygen atoms in total. The van der Waals surface area contributed by atoms with Crippen LogP contribution in [0, 0.1) is 5.82 Å². The molecule has 1 aromatic carbocycles. The Labute approximate surface area is 133 Å². The molecule has 0 aliphatic rings. The number of aryl methyl sites for hydroxylation is 1. The van der Waals surface area contributed by atoms with Crippen LogP contribution in [0.2, 0.25) is 0 Å². The van der Waals surface area contributed by atoms with Crippen molar-refractivity contribution in [1.29, 1.82) is 0 Å². The molecule has 120 valence electrons. The van der Waals surface area contributed by atoms with Crippen molar-refractivity contribution in [3.8, 4) is 11.3 Å². The molecule has 2 aromatic rings. The van der Waals surface area contributed by atoms with Gasteiger partial charge in [0.15, 0.2) is 0 Å². The third-order valence-corrected chi connectivity index (χ3v) is 3.33. The Balaban J connectivity index is 2.28.